The zero-order chi connectivity index (χ0) is 13.5. The molecule has 6 heteroatoms. The van der Waals surface area contributed by atoms with Crippen LogP contribution >= 0.6 is 0 Å². The maximum absolute atomic E-state index is 11.3. The van der Waals surface area contributed by atoms with Crippen LogP contribution in [0.4, 0.5) is 5.82 Å². The molecule has 2 N–H and O–H groups in total. The van der Waals surface area contributed by atoms with Gasteiger partial charge in [-0.3, -0.25) is 4.79 Å². The van der Waals surface area contributed by atoms with Crippen molar-refractivity contribution in [1.82, 2.24) is 10.3 Å². The Morgan fingerprint density at radius 1 is 1.30 bits per heavy atom. The number of ether oxygens (including phenoxy) is 2. The zero-order valence-electron chi connectivity index (χ0n) is 10.7. The van der Waals surface area contributed by atoms with Crippen LogP contribution in [0.5, 0.6) is 11.5 Å². The molecule has 1 aromatic carbocycles. The summed E-state index contributed by atoms with van der Waals surface area (Å²) in [6, 6.07) is 5.88. The Bertz CT molecular complexity index is 701. The van der Waals surface area contributed by atoms with Crippen LogP contribution in [-0.2, 0) is 4.79 Å². The highest BCUT2D eigenvalue weighted by Gasteiger charge is 2.23. The van der Waals surface area contributed by atoms with E-state index in [1.54, 1.807) is 6.20 Å². The Hall–Kier alpha value is -2.50. The van der Waals surface area contributed by atoms with Gasteiger partial charge in [-0.25, -0.2) is 4.98 Å². The van der Waals surface area contributed by atoms with Crippen LogP contribution in [0.15, 0.2) is 24.4 Å². The molecule has 0 radical (unpaired) electrons. The van der Waals surface area contributed by atoms with Crippen LogP contribution in [0.2, 0.25) is 0 Å². The summed E-state index contributed by atoms with van der Waals surface area (Å²) in [5, 5.41) is 8.12. The van der Waals surface area contributed by atoms with Crippen molar-refractivity contribution in [1.29, 1.82) is 0 Å². The van der Waals surface area contributed by atoms with Gasteiger partial charge in [0.15, 0.2) is 11.5 Å². The lowest BCUT2D eigenvalue weighted by Crippen LogP contribution is -2.22. The Labute approximate surface area is 115 Å². The van der Waals surface area contributed by atoms with E-state index in [1.807, 2.05) is 18.2 Å². The number of nitrogens with one attached hydrogen (secondary N) is 2. The van der Waals surface area contributed by atoms with Crippen LogP contribution in [0.1, 0.15) is 6.42 Å². The fourth-order valence-electron chi connectivity index (χ4n) is 2.58. The van der Waals surface area contributed by atoms with Crippen molar-refractivity contribution in [3.05, 3.63) is 24.4 Å². The van der Waals surface area contributed by atoms with Gasteiger partial charge in [0.05, 0.1) is 6.04 Å². The second-order valence-corrected chi connectivity index (χ2v) is 4.94. The summed E-state index contributed by atoms with van der Waals surface area (Å²) in [4.78, 5) is 15.6. The van der Waals surface area contributed by atoms with E-state index in [2.05, 4.69) is 15.6 Å². The lowest BCUT2D eigenvalue weighted by Gasteiger charge is -2.13. The van der Waals surface area contributed by atoms with Gasteiger partial charge < -0.3 is 20.1 Å². The molecule has 102 valence electrons. The number of fused-ring (bicyclic) bond motifs is 2. The molecule has 0 saturated carbocycles. The normalized spacial score (nSPS) is 20.2. The smallest absolute Gasteiger partial charge is 0.231 e. The minimum atomic E-state index is 0.0698. The highest BCUT2D eigenvalue weighted by Crippen LogP contribution is 2.37. The van der Waals surface area contributed by atoms with Gasteiger partial charge in [-0.05, 0) is 23.6 Å². The molecule has 4 rings (SSSR count). The lowest BCUT2D eigenvalue weighted by molar-refractivity contribution is -0.119. The monoisotopic (exact) mass is 271 g/mol. The molecule has 1 atom stereocenters. The van der Waals surface area contributed by atoms with Crippen molar-refractivity contribution in [2.45, 2.75) is 12.5 Å². The van der Waals surface area contributed by atoms with Crippen molar-refractivity contribution < 1.29 is 14.3 Å². The number of hydrogen-bond acceptors (Lipinski definition) is 5. The Morgan fingerprint density at radius 2 is 2.15 bits per heavy atom. The standard InChI is InChI=1S/C14H13N3O3/c18-13-4-9(6-16-13)17-14-10-5-12-11(19-7-20-12)3-8(10)1-2-15-14/h1-3,5,9H,4,6-7H2,(H,15,17)(H,16,18). The van der Waals surface area contributed by atoms with Gasteiger partial charge in [-0.1, -0.05) is 0 Å². The van der Waals surface area contributed by atoms with Crippen LogP contribution in [0.3, 0.4) is 0 Å². The summed E-state index contributed by atoms with van der Waals surface area (Å²) in [5.41, 5.74) is 0. The van der Waals surface area contributed by atoms with Gasteiger partial charge in [0.25, 0.3) is 0 Å². The molecule has 6 nitrogen and oxygen atoms in total. The van der Waals surface area contributed by atoms with Crippen molar-refractivity contribution in [3.8, 4) is 11.5 Å². The number of benzene rings is 1. The summed E-state index contributed by atoms with van der Waals surface area (Å²) >= 11 is 0. The fourth-order valence-corrected chi connectivity index (χ4v) is 2.58. The van der Waals surface area contributed by atoms with E-state index in [1.165, 1.54) is 0 Å². The van der Waals surface area contributed by atoms with Crippen molar-refractivity contribution in [2.24, 2.45) is 0 Å². The van der Waals surface area contributed by atoms with E-state index in [0.717, 1.165) is 28.1 Å². The second-order valence-electron chi connectivity index (χ2n) is 4.94. The lowest BCUT2D eigenvalue weighted by atomic mass is 10.1. The number of rotatable bonds is 2. The molecule has 20 heavy (non-hydrogen) atoms. The van der Waals surface area contributed by atoms with E-state index in [4.69, 9.17) is 9.47 Å². The number of carbonyl (C=O) groups excluding carboxylic acids is 1. The molecule has 2 aromatic rings. The highest BCUT2D eigenvalue weighted by molar-refractivity contribution is 5.94. The molecule has 0 bridgehead atoms. The first-order valence-corrected chi connectivity index (χ1v) is 6.51. The topological polar surface area (TPSA) is 72.5 Å². The molecule has 0 spiro atoms. The second kappa shape index (κ2) is 4.26. The molecule has 2 aliphatic rings. The first kappa shape index (κ1) is 11.3. The minimum Gasteiger partial charge on any atom is -0.454 e. The largest absolute Gasteiger partial charge is 0.454 e. The average molecular weight is 271 g/mol. The summed E-state index contributed by atoms with van der Waals surface area (Å²) in [5.74, 6) is 2.32. The van der Waals surface area contributed by atoms with Crippen LogP contribution in [0, 0.1) is 0 Å². The van der Waals surface area contributed by atoms with Crippen LogP contribution in [0.25, 0.3) is 10.8 Å². The minimum absolute atomic E-state index is 0.0698. The third-order valence-electron chi connectivity index (χ3n) is 3.58. The predicted molar refractivity (Wildman–Crippen MR) is 72.9 cm³/mol. The molecule has 0 aliphatic carbocycles. The molecular formula is C14H13N3O3. The first-order valence-electron chi connectivity index (χ1n) is 6.51. The van der Waals surface area contributed by atoms with E-state index in [-0.39, 0.29) is 18.7 Å². The maximum atomic E-state index is 11.3. The van der Waals surface area contributed by atoms with Crippen molar-refractivity contribution in [2.75, 3.05) is 18.7 Å². The Balaban J connectivity index is 1.73. The van der Waals surface area contributed by atoms with E-state index in [9.17, 15) is 4.79 Å². The van der Waals surface area contributed by atoms with Crippen molar-refractivity contribution >= 4 is 22.5 Å². The van der Waals surface area contributed by atoms with Gasteiger partial charge in [-0.15, -0.1) is 0 Å². The summed E-state index contributed by atoms with van der Waals surface area (Å²) in [7, 11) is 0. The number of aromatic nitrogens is 1. The first-order chi connectivity index (χ1) is 9.79. The number of hydrogen-bond donors (Lipinski definition) is 2. The molecule has 1 fully saturated rings. The van der Waals surface area contributed by atoms with E-state index in [0.29, 0.717) is 13.0 Å². The molecule has 2 aliphatic heterocycles. The molecule has 1 amide bonds. The Kier molecular flexibility index (Phi) is 2.42. The molecular weight excluding hydrogens is 258 g/mol. The highest BCUT2D eigenvalue weighted by atomic mass is 16.7. The third-order valence-corrected chi connectivity index (χ3v) is 3.58. The zero-order valence-corrected chi connectivity index (χ0v) is 10.7. The van der Waals surface area contributed by atoms with Gasteiger partial charge in [0.2, 0.25) is 12.7 Å². The average Bonchev–Trinajstić information content (AvgIpc) is 3.05. The molecule has 1 unspecified atom stereocenters. The summed E-state index contributed by atoms with van der Waals surface area (Å²) < 4.78 is 10.8. The Morgan fingerprint density at radius 3 is 2.95 bits per heavy atom. The van der Waals surface area contributed by atoms with Crippen LogP contribution < -0.4 is 20.1 Å². The van der Waals surface area contributed by atoms with E-state index < -0.39 is 0 Å². The number of pyridine rings is 1. The number of amides is 1. The van der Waals surface area contributed by atoms with E-state index >= 15 is 0 Å². The summed E-state index contributed by atoms with van der Waals surface area (Å²) in [6.45, 7) is 0.879. The fraction of sp³-hybridized carbons (Fsp3) is 0.286. The third kappa shape index (κ3) is 1.80. The quantitative estimate of drug-likeness (QED) is 0.860. The number of carbonyl (C=O) groups is 1. The number of anilines is 1. The maximum Gasteiger partial charge on any atom is 0.231 e. The van der Waals surface area contributed by atoms with Gasteiger partial charge in [0, 0.05) is 24.5 Å². The summed E-state index contributed by atoms with van der Waals surface area (Å²) in [6.07, 6.45) is 2.22. The molecule has 1 aromatic heterocycles. The molecule has 1 saturated heterocycles. The SMILES string of the molecule is O=C1CC(Nc2nccc3cc4c(cc23)OCO4)CN1. The van der Waals surface area contributed by atoms with Crippen molar-refractivity contribution in [3.63, 3.8) is 0 Å². The number of nitrogens with zero attached hydrogens (tertiary/aromatic N) is 1. The van der Waals surface area contributed by atoms with Gasteiger partial charge >= 0.3 is 0 Å². The van der Waals surface area contributed by atoms with Gasteiger partial charge in [-0.2, -0.15) is 0 Å². The predicted octanol–water partition coefficient (Wildman–Crippen LogP) is 1.26. The molecule has 3 heterocycles. The van der Waals surface area contributed by atoms with Crippen LogP contribution in [-0.4, -0.2) is 30.3 Å². The van der Waals surface area contributed by atoms with Gasteiger partial charge in [0.1, 0.15) is 5.82 Å².